The van der Waals surface area contributed by atoms with Crippen LogP contribution in [-0.4, -0.2) is 96.2 Å². The Balaban J connectivity index is 1.48. The fourth-order valence-electron chi connectivity index (χ4n) is 4.39. The maximum absolute atomic E-state index is 12.4. The molecule has 3 rings (SSSR count). The summed E-state index contributed by atoms with van der Waals surface area (Å²) in [5, 5.41) is 14.1. The Labute approximate surface area is 163 Å². The standard InChI is InChI=1S/C20H37N5O2/c1-2-21-19(22-17-20(27)8-4-3-5-9-20)25-14-12-23(13-15-25)16-18(26)24-10-6-7-11-24/h27H,2-17H2,1H3,(H,21,22). The van der Waals surface area contributed by atoms with Gasteiger partial charge in [0.15, 0.2) is 5.96 Å². The fourth-order valence-corrected chi connectivity index (χ4v) is 4.39. The van der Waals surface area contributed by atoms with Gasteiger partial charge in [0, 0.05) is 45.8 Å². The molecule has 1 saturated carbocycles. The monoisotopic (exact) mass is 379 g/mol. The van der Waals surface area contributed by atoms with Crippen molar-refractivity contribution in [1.82, 2.24) is 20.0 Å². The molecule has 0 bridgehead atoms. The third-order valence-electron chi connectivity index (χ3n) is 6.13. The minimum Gasteiger partial charge on any atom is -0.388 e. The number of nitrogens with zero attached hydrogens (tertiary/aromatic N) is 4. The maximum atomic E-state index is 12.4. The van der Waals surface area contributed by atoms with Crippen molar-refractivity contribution in [2.75, 3.05) is 58.9 Å². The number of hydrogen-bond donors (Lipinski definition) is 2. The Morgan fingerprint density at radius 3 is 2.26 bits per heavy atom. The van der Waals surface area contributed by atoms with Crippen molar-refractivity contribution < 1.29 is 9.90 Å². The number of guanidine groups is 1. The van der Waals surface area contributed by atoms with Gasteiger partial charge in [0.05, 0.1) is 18.7 Å². The van der Waals surface area contributed by atoms with E-state index in [1.807, 2.05) is 4.90 Å². The van der Waals surface area contributed by atoms with E-state index in [2.05, 4.69) is 22.0 Å². The lowest BCUT2D eigenvalue weighted by molar-refractivity contribution is -0.131. The van der Waals surface area contributed by atoms with E-state index >= 15 is 0 Å². The number of piperazine rings is 1. The molecule has 2 aliphatic heterocycles. The Hall–Kier alpha value is -1.34. The summed E-state index contributed by atoms with van der Waals surface area (Å²) < 4.78 is 0. The van der Waals surface area contributed by atoms with Crippen molar-refractivity contribution in [2.24, 2.45) is 4.99 Å². The summed E-state index contributed by atoms with van der Waals surface area (Å²) in [5.74, 6) is 1.18. The summed E-state index contributed by atoms with van der Waals surface area (Å²) in [5.41, 5.74) is -0.622. The molecular formula is C20H37N5O2. The molecule has 7 nitrogen and oxygen atoms in total. The van der Waals surface area contributed by atoms with Crippen molar-refractivity contribution >= 4 is 11.9 Å². The van der Waals surface area contributed by atoms with Crippen LogP contribution >= 0.6 is 0 Å². The first-order valence-electron chi connectivity index (χ1n) is 10.9. The molecule has 0 radical (unpaired) electrons. The van der Waals surface area contributed by atoms with Crippen LogP contribution in [0.1, 0.15) is 51.9 Å². The molecule has 2 heterocycles. The van der Waals surface area contributed by atoms with Crippen LogP contribution in [0.5, 0.6) is 0 Å². The maximum Gasteiger partial charge on any atom is 0.236 e. The highest BCUT2D eigenvalue weighted by molar-refractivity contribution is 5.80. The molecule has 1 aliphatic carbocycles. The Bertz CT molecular complexity index is 505. The highest BCUT2D eigenvalue weighted by Gasteiger charge is 2.30. The summed E-state index contributed by atoms with van der Waals surface area (Å²) in [6.07, 6.45) is 7.45. The van der Waals surface area contributed by atoms with Crippen LogP contribution in [0.15, 0.2) is 4.99 Å². The van der Waals surface area contributed by atoms with Gasteiger partial charge in [0.1, 0.15) is 0 Å². The molecule has 0 aromatic rings. The van der Waals surface area contributed by atoms with Crippen molar-refractivity contribution in [3.05, 3.63) is 0 Å². The van der Waals surface area contributed by atoms with Crippen LogP contribution < -0.4 is 5.32 Å². The van der Waals surface area contributed by atoms with Gasteiger partial charge >= 0.3 is 0 Å². The Morgan fingerprint density at radius 1 is 0.963 bits per heavy atom. The van der Waals surface area contributed by atoms with Crippen molar-refractivity contribution in [3.8, 4) is 0 Å². The number of nitrogens with one attached hydrogen (secondary N) is 1. The average molecular weight is 380 g/mol. The first kappa shape index (κ1) is 20.4. The number of carbonyl (C=O) groups is 1. The Morgan fingerprint density at radius 2 is 1.63 bits per heavy atom. The number of amides is 1. The smallest absolute Gasteiger partial charge is 0.236 e. The second-order valence-corrected chi connectivity index (χ2v) is 8.31. The van der Waals surface area contributed by atoms with Gasteiger partial charge in [0.25, 0.3) is 0 Å². The van der Waals surface area contributed by atoms with E-state index in [4.69, 9.17) is 4.99 Å². The first-order chi connectivity index (χ1) is 13.1. The number of rotatable bonds is 5. The lowest BCUT2D eigenvalue weighted by Crippen LogP contribution is -2.54. The molecule has 3 aliphatic rings. The lowest BCUT2D eigenvalue weighted by atomic mass is 9.85. The van der Waals surface area contributed by atoms with Gasteiger partial charge < -0.3 is 20.2 Å². The zero-order valence-electron chi connectivity index (χ0n) is 17.0. The minimum atomic E-state index is -0.622. The van der Waals surface area contributed by atoms with Crippen molar-refractivity contribution in [3.63, 3.8) is 0 Å². The molecular weight excluding hydrogens is 342 g/mol. The molecule has 7 heteroatoms. The largest absolute Gasteiger partial charge is 0.388 e. The van der Waals surface area contributed by atoms with Crippen molar-refractivity contribution in [1.29, 1.82) is 0 Å². The second kappa shape index (κ2) is 9.73. The normalized spacial score (nSPS) is 24.3. The predicted octanol–water partition coefficient (Wildman–Crippen LogP) is 0.887. The van der Waals surface area contributed by atoms with Crippen LogP contribution in [0.4, 0.5) is 0 Å². The van der Waals surface area contributed by atoms with E-state index in [1.165, 1.54) is 6.42 Å². The molecule has 154 valence electrons. The average Bonchev–Trinajstić information content (AvgIpc) is 3.21. The highest BCUT2D eigenvalue weighted by Crippen LogP contribution is 2.28. The molecule has 2 N–H and O–H groups in total. The van der Waals surface area contributed by atoms with E-state index in [-0.39, 0.29) is 5.91 Å². The molecule has 2 saturated heterocycles. The topological polar surface area (TPSA) is 71.4 Å². The zero-order chi connectivity index (χ0) is 19.1. The zero-order valence-corrected chi connectivity index (χ0v) is 17.0. The third-order valence-corrected chi connectivity index (χ3v) is 6.13. The number of carbonyl (C=O) groups excluding carboxylic acids is 1. The van der Waals surface area contributed by atoms with Crippen LogP contribution in [0.2, 0.25) is 0 Å². The summed E-state index contributed by atoms with van der Waals surface area (Å²) in [6, 6.07) is 0. The van der Waals surface area contributed by atoms with Gasteiger partial charge in [-0.15, -0.1) is 0 Å². The fraction of sp³-hybridized carbons (Fsp3) is 0.900. The SMILES string of the molecule is CCNC(=NCC1(O)CCCCC1)N1CCN(CC(=O)N2CCCC2)CC1. The van der Waals surface area contributed by atoms with Crippen LogP contribution in [0.25, 0.3) is 0 Å². The lowest BCUT2D eigenvalue weighted by Gasteiger charge is -2.37. The number of aliphatic hydroxyl groups is 1. The summed E-state index contributed by atoms with van der Waals surface area (Å²) in [7, 11) is 0. The van der Waals surface area contributed by atoms with Gasteiger partial charge in [-0.1, -0.05) is 19.3 Å². The van der Waals surface area contributed by atoms with E-state index in [0.29, 0.717) is 13.1 Å². The molecule has 27 heavy (non-hydrogen) atoms. The molecule has 3 fully saturated rings. The molecule has 1 amide bonds. The molecule has 0 spiro atoms. The predicted molar refractivity (Wildman–Crippen MR) is 108 cm³/mol. The number of likely N-dealkylation sites (tertiary alicyclic amines) is 1. The van der Waals surface area contributed by atoms with E-state index in [1.54, 1.807) is 0 Å². The summed E-state index contributed by atoms with van der Waals surface area (Å²) in [4.78, 5) is 23.7. The highest BCUT2D eigenvalue weighted by atomic mass is 16.3. The van der Waals surface area contributed by atoms with Crippen LogP contribution in [0, 0.1) is 0 Å². The molecule has 0 aromatic heterocycles. The molecule has 0 aromatic carbocycles. The van der Waals surface area contributed by atoms with Crippen LogP contribution in [-0.2, 0) is 4.79 Å². The van der Waals surface area contributed by atoms with E-state index in [9.17, 15) is 9.90 Å². The third kappa shape index (κ3) is 5.82. The number of hydrogen-bond acceptors (Lipinski definition) is 4. The summed E-state index contributed by atoms with van der Waals surface area (Å²) in [6.45, 7) is 9.31. The molecule has 0 atom stereocenters. The minimum absolute atomic E-state index is 0.279. The van der Waals surface area contributed by atoms with Gasteiger partial charge in [0.2, 0.25) is 5.91 Å². The number of aliphatic imine (C=N–C) groups is 1. The van der Waals surface area contributed by atoms with E-state index < -0.39 is 5.60 Å². The van der Waals surface area contributed by atoms with Gasteiger partial charge in [-0.05, 0) is 32.6 Å². The Kier molecular flexibility index (Phi) is 7.35. The summed E-state index contributed by atoms with van der Waals surface area (Å²) >= 11 is 0. The van der Waals surface area contributed by atoms with E-state index in [0.717, 1.165) is 90.3 Å². The quantitative estimate of drug-likeness (QED) is 0.548. The first-order valence-corrected chi connectivity index (χ1v) is 10.9. The van der Waals surface area contributed by atoms with Gasteiger partial charge in [-0.3, -0.25) is 14.7 Å². The molecule has 0 unspecified atom stereocenters. The van der Waals surface area contributed by atoms with Crippen molar-refractivity contribution in [2.45, 2.75) is 57.5 Å². The van der Waals surface area contributed by atoms with Gasteiger partial charge in [-0.25, -0.2) is 0 Å². The van der Waals surface area contributed by atoms with Gasteiger partial charge in [-0.2, -0.15) is 0 Å². The second-order valence-electron chi connectivity index (χ2n) is 8.31. The van der Waals surface area contributed by atoms with Crippen LogP contribution in [0.3, 0.4) is 0 Å².